The average molecular weight is 457 g/mol. The van der Waals surface area contributed by atoms with Crippen LogP contribution in [0.4, 0.5) is 5.69 Å². The molecule has 1 saturated carbocycles. The van der Waals surface area contributed by atoms with Gasteiger partial charge >= 0.3 is 0 Å². The van der Waals surface area contributed by atoms with Crippen molar-refractivity contribution < 1.29 is 19.1 Å². The summed E-state index contributed by atoms with van der Waals surface area (Å²) in [6.45, 7) is 1.69. The van der Waals surface area contributed by atoms with E-state index in [0.717, 1.165) is 37.9 Å². The van der Waals surface area contributed by atoms with Crippen LogP contribution >= 0.6 is 11.3 Å². The van der Waals surface area contributed by atoms with Crippen LogP contribution in [0, 0.1) is 0 Å². The molecule has 1 saturated heterocycles. The smallest absolute Gasteiger partial charge is 0.261 e. The van der Waals surface area contributed by atoms with Crippen molar-refractivity contribution in [2.75, 3.05) is 31.6 Å². The summed E-state index contributed by atoms with van der Waals surface area (Å²) < 4.78 is 5.17. The Morgan fingerprint density at radius 2 is 1.72 bits per heavy atom. The van der Waals surface area contributed by atoms with Crippen molar-refractivity contribution in [1.82, 2.24) is 16.0 Å². The first-order valence-electron chi connectivity index (χ1n) is 10.9. The van der Waals surface area contributed by atoms with Crippen LogP contribution in [0.25, 0.3) is 0 Å². The summed E-state index contributed by atoms with van der Waals surface area (Å²) in [5.41, 5.74) is 1.33. The van der Waals surface area contributed by atoms with Gasteiger partial charge in [0, 0.05) is 36.4 Å². The second-order valence-corrected chi connectivity index (χ2v) is 9.08. The normalized spacial score (nSPS) is 21.2. The van der Waals surface area contributed by atoms with E-state index in [1.165, 1.54) is 11.3 Å². The second kappa shape index (κ2) is 10.1. The first-order chi connectivity index (χ1) is 15.5. The number of methoxy groups -OCH3 is 1. The van der Waals surface area contributed by atoms with Crippen LogP contribution in [0.2, 0.25) is 0 Å². The van der Waals surface area contributed by atoms with Gasteiger partial charge in [0.25, 0.3) is 11.8 Å². The summed E-state index contributed by atoms with van der Waals surface area (Å²) in [6, 6.07) is 10.4. The van der Waals surface area contributed by atoms with E-state index in [1.54, 1.807) is 36.3 Å². The first kappa shape index (κ1) is 22.3. The van der Waals surface area contributed by atoms with Crippen LogP contribution in [0.15, 0.2) is 36.4 Å². The fourth-order valence-electron chi connectivity index (χ4n) is 4.19. The van der Waals surface area contributed by atoms with Gasteiger partial charge in [-0.1, -0.05) is 24.2 Å². The van der Waals surface area contributed by atoms with Crippen molar-refractivity contribution >= 4 is 34.7 Å². The van der Waals surface area contributed by atoms with Crippen LogP contribution in [0.5, 0.6) is 5.06 Å². The topological polar surface area (TPSA) is 99.8 Å². The van der Waals surface area contributed by atoms with E-state index in [0.29, 0.717) is 28.6 Å². The van der Waals surface area contributed by atoms with Crippen LogP contribution in [0.3, 0.4) is 0 Å². The Hall–Kier alpha value is -2.91. The SMILES string of the molecule is COc1ccc(C(=O)NC2CCCCC2NC(=O)c2ccc(N3CCNCC3=O)cc2)s1. The molecule has 2 heterocycles. The number of ether oxygens (including phenoxy) is 1. The Balaban J connectivity index is 1.38. The van der Waals surface area contributed by atoms with E-state index in [2.05, 4.69) is 16.0 Å². The molecule has 0 bridgehead atoms. The van der Waals surface area contributed by atoms with Gasteiger partial charge in [0.05, 0.1) is 18.5 Å². The molecule has 2 fully saturated rings. The van der Waals surface area contributed by atoms with Gasteiger partial charge in [0.1, 0.15) is 0 Å². The number of anilines is 1. The molecule has 1 aromatic heterocycles. The van der Waals surface area contributed by atoms with E-state index >= 15 is 0 Å². The molecule has 1 aliphatic carbocycles. The number of thiophene rings is 1. The number of benzene rings is 1. The van der Waals surface area contributed by atoms with Crippen molar-refractivity contribution in [3.8, 4) is 5.06 Å². The molecule has 2 atom stereocenters. The van der Waals surface area contributed by atoms with Gasteiger partial charge in [-0.2, -0.15) is 0 Å². The standard InChI is InChI=1S/C23H28N4O4S/c1-31-21-11-10-19(32-21)23(30)26-18-5-3-2-4-17(18)25-22(29)15-6-8-16(9-7-15)27-13-12-24-14-20(27)28/h6-11,17-18,24H,2-5,12-14H2,1H3,(H,25,29)(H,26,30). The zero-order chi connectivity index (χ0) is 22.5. The zero-order valence-corrected chi connectivity index (χ0v) is 18.9. The van der Waals surface area contributed by atoms with Crippen molar-refractivity contribution in [2.24, 2.45) is 0 Å². The third kappa shape index (κ3) is 5.11. The number of hydrogen-bond acceptors (Lipinski definition) is 6. The Bertz CT molecular complexity index is 975. The van der Waals surface area contributed by atoms with Crippen molar-refractivity contribution in [1.29, 1.82) is 0 Å². The highest BCUT2D eigenvalue weighted by molar-refractivity contribution is 7.15. The van der Waals surface area contributed by atoms with Crippen LogP contribution < -0.4 is 25.6 Å². The molecule has 170 valence electrons. The molecule has 2 aliphatic rings. The third-order valence-electron chi connectivity index (χ3n) is 5.94. The molecular formula is C23H28N4O4S. The Kier molecular flexibility index (Phi) is 7.06. The molecule has 3 N–H and O–H groups in total. The fraction of sp³-hybridized carbons (Fsp3) is 0.435. The summed E-state index contributed by atoms with van der Waals surface area (Å²) in [4.78, 5) is 39.9. The van der Waals surface area contributed by atoms with E-state index < -0.39 is 0 Å². The predicted molar refractivity (Wildman–Crippen MR) is 124 cm³/mol. The highest BCUT2D eigenvalue weighted by Crippen LogP contribution is 2.25. The maximum atomic E-state index is 12.9. The number of piperazine rings is 1. The molecule has 1 aliphatic heterocycles. The lowest BCUT2D eigenvalue weighted by molar-refractivity contribution is -0.118. The summed E-state index contributed by atoms with van der Waals surface area (Å²) in [7, 11) is 1.58. The number of carbonyl (C=O) groups excluding carboxylic acids is 3. The fourth-order valence-corrected chi connectivity index (χ4v) is 4.92. The lowest BCUT2D eigenvalue weighted by Gasteiger charge is -2.32. The van der Waals surface area contributed by atoms with Crippen LogP contribution in [-0.4, -0.2) is 56.5 Å². The lowest BCUT2D eigenvalue weighted by atomic mass is 9.90. The van der Waals surface area contributed by atoms with Crippen molar-refractivity contribution in [2.45, 2.75) is 37.8 Å². The predicted octanol–water partition coefficient (Wildman–Crippen LogP) is 2.16. The van der Waals surface area contributed by atoms with E-state index in [1.807, 2.05) is 12.1 Å². The Morgan fingerprint density at radius 1 is 1.03 bits per heavy atom. The number of amides is 3. The Labute approximate surface area is 191 Å². The third-order valence-corrected chi connectivity index (χ3v) is 6.98. The molecule has 1 aromatic carbocycles. The minimum Gasteiger partial charge on any atom is -0.487 e. The summed E-state index contributed by atoms with van der Waals surface area (Å²) in [5.74, 6) is -0.292. The van der Waals surface area contributed by atoms with E-state index in [-0.39, 0.29) is 29.8 Å². The summed E-state index contributed by atoms with van der Waals surface area (Å²) in [5, 5.41) is 9.93. The lowest BCUT2D eigenvalue weighted by Crippen LogP contribution is -2.53. The number of rotatable bonds is 6. The minimum absolute atomic E-state index is 0.0256. The van der Waals surface area contributed by atoms with Crippen molar-refractivity contribution in [3.05, 3.63) is 46.8 Å². The van der Waals surface area contributed by atoms with Gasteiger partial charge in [-0.25, -0.2) is 0 Å². The molecule has 0 radical (unpaired) electrons. The van der Waals surface area contributed by atoms with Crippen LogP contribution in [0.1, 0.15) is 45.7 Å². The number of nitrogens with one attached hydrogen (secondary N) is 3. The highest BCUT2D eigenvalue weighted by Gasteiger charge is 2.29. The van der Waals surface area contributed by atoms with Gasteiger partial charge in [-0.05, 0) is 49.2 Å². The monoisotopic (exact) mass is 456 g/mol. The van der Waals surface area contributed by atoms with Crippen LogP contribution in [-0.2, 0) is 4.79 Å². The molecule has 32 heavy (non-hydrogen) atoms. The summed E-state index contributed by atoms with van der Waals surface area (Å²) in [6.07, 6.45) is 3.66. The van der Waals surface area contributed by atoms with Gasteiger partial charge in [-0.15, -0.1) is 0 Å². The van der Waals surface area contributed by atoms with Gasteiger partial charge in [-0.3, -0.25) is 14.4 Å². The quantitative estimate of drug-likeness (QED) is 0.619. The molecule has 0 spiro atoms. The molecule has 3 amide bonds. The molecule has 8 nitrogen and oxygen atoms in total. The second-order valence-electron chi connectivity index (χ2n) is 8.04. The van der Waals surface area contributed by atoms with E-state index in [4.69, 9.17) is 4.74 Å². The molecule has 4 rings (SSSR count). The number of nitrogens with zero attached hydrogens (tertiary/aromatic N) is 1. The Morgan fingerprint density at radius 3 is 2.34 bits per heavy atom. The first-order valence-corrected chi connectivity index (χ1v) is 11.7. The highest BCUT2D eigenvalue weighted by atomic mass is 32.1. The zero-order valence-electron chi connectivity index (χ0n) is 18.1. The van der Waals surface area contributed by atoms with Gasteiger partial charge < -0.3 is 25.6 Å². The average Bonchev–Trinajstić information content (AvgIpc) is 3.30. The minimum atomic E-state index is -0.174. The maximum Gasteiger partial charge on any atom is 0.261 e. The largest absolute Gasteiger partial charge is 0.487 e. The molecule has 9 heteroatoms. The molecular weight excluding hydrogens is 428 g/mol. The number of hydrogen-bond donors (Lipinski definition) is 3. The molecule has 2 unspecified atom stereocenters. The van der Waals surface area contributed by atoms with Crippen molar-refractivity contribution in [3.63, 3.8) is 0 Å². The van der Waals surface area contributed by atoms with Gasteiger partial charge in [0.15, 0.2) is 5.06 Å². The summed E-state index contributed by atoms with van der Waals surface area (Å²) >= 11 is 1.30. The van der Waals surface area contributed by atoms with Gasteiger partial charge in [0.2, 0.25) is 5.91 Å². The molecule has 2 aromatic rings. The maximum absolute atomic E-state index is 12.9. The van der Waals surface area contributed by atoms with E-state index in [9.17, 15) is 14.4 Å². The number of carbonyl (C=O) groups is 3.